The zero-order valence-electron chi connectivity index (χ0n) is 13.6. The van der Waals surface area contributed by atoms with Crippen molar-refractivity contribution in [1.29, 1.82) is 0 Å². The molecule has 3 rings (SSSR count). The second-order valence-corrected chi connectivity index (χ2v) is 6.31. The summed E-state index contributed by atoms with van der Waals surface area (Å²) in [5.74, 6) is -4.12. The maximum atomic E-state index is 13.5. The van der Waals surface area contributed by atoms with E-state index in [2.05, 4.69) is 5.32 Å². The minimum absolute atomic E-state index is 0.111. The fraction of sp³-hybridized carbons (Fsp3) is 0.529. The third-order valence-corrected chi connectivity index (χ3v) is 4.40. The number of anilines is 1. The van der Waals surface area contributed by atoms with E-state index in [1.165, 1.54) is 0 Å². The summed E-state index contributed by atoms with van der Waals surface area (Å²) >= 11 is 0. The van der Waals surface area contributed by atoms with Crippen molar-refractivity contribution in [2.75, 3.05) is 18.5 Å². The Labute approximate surface area is 143 Å². The van der Waals surface area contributed by atoms with Crippen molar-refractivity contribution >= 4 is 17.5 Å². The summed E-state index contributed by atoms with van der Waals surface area (Å²) in [6.07, 6.45) is 4.57. The molecular formula is C17H20F2N2O4. The van der Waals surface area contributed by atoms with Gasteiger partial charge in [-0.3, -0.25) is 9.59 Å². The average Bonchev–Trinajstić information content (AvgIpc) is 2.99. The van der Waals surface area contributed by atoms with Gasteiger partial charge in [-0.25, -0.2) is 8.78 Å². The van der Waals surface area contributed by atoms with Crippen LogP contribution in [-0.4, -0.2) is 36.9 Å². The summed E-state index contributed by atoms with van der Waals surface area (Å²) < 4.78 is 38.2. The van der Waals surface area contributed by atoms with Crippen LogP contribution in [0.2, 0.25) is 0 Å². The number of hydrogen-bond donors (Lipinski definition) is 2. The van der Waals surface area contributed by atoms with Crippen molar-refractivity contribution in [3.05, 3.63) is 29.8 Å². The molecule has 1 heterocycles. The van der Waals surface area contributed by atoms with Crippen LogP contribution < -0.4 is 10.6 Å². The molecule has 0 aromatic heterocycles. The molecule has 25 heavy (non-hydrogen) atoms. The Bertz CT molecular complexity index is 662. The van der Waals surface area contributed by atoms with E-state index in [0.29, 0.717) is 6.61 Å². The standard InChI is InChI=1S/C17H20F2N2O4/c18-11-4-5-13(19)14(8-11)21-16(23)15(22)20-9-12-10-24-17(25-12)6-2-1-3-7-17/h4-5,8,12H,1-3,6-7,9-10H2,(H,20,22)(H,21,23). The fourth-order valence-corrected chi connectivity index (χ4v) is 3.13. The van der Waals surface area contributed by atoms with E-state index in [-0.39, 0.29) is 18.3 Å². The zero-order chi connectivity index (χ0) is 17.9. The summed E-state index contributed by atoms with van der Waals surface area (Å²) in [5.41, 5.74) is -0.387. The van der Waals surface area contributed by atoms with Crippen molar-refractivity contribution in [3.8, 4) is 0 Å². The van der Waals surface area contributed by atoms with Crippen molar-refractivity contribution in [1.82, 2.24) is 5.32 Å². The molecule has 136 valence electrons. The molecule has 0 bridgehead atoms. The molecule has 2 N–H and O–H groups in total. The SMILES string of the molecule is O=C(NCC1COC2(CCCCC2)O1)C(=O)Nc1cc(F)ccc1F. The van der Waals surface area contributed by atoms with Crippen LogP contribution in [0.15, 0.2) is 18.2 Å². The molecule has 8 heteroatoms. The zero-order valence-corrected chi connectivity index (χ0v) is 13.6. The van der Waals surface area contributed by atoms with Gasteiger partial charge in [-0.1, -0.05) is 6.42 Å². The summed E-state index contributed by atoms with van der Waals surface area (Å²) in [7, 11) is 0. The highest BCUT2D eigenvalue weighted by Crippen LogP contribution is 2.37. The van der Waals surface area contributed by atoms with Crippen LogP contribution in [0.25, 0.3) is 0 Å². The van der Waals surface area contributed by atoms with Gasteiger partial charge in [-0.15, -0.1) is 0 Å². The van der Waals surface area contributed by atoms with Gasteiger partial charge in [-0.2, -0.15) is 0 Å². The van der Waals surface area contributed by atoms with Crippen molar-refractivity contribution < 1.29 is 27.8 Å². The van der Waals surface area contributed by atoms with E-state index in [1.807, 2.05) is 5.32 Å². The Morgan fingerprint density at radius 1 is 1.16 bits per heavy atom. The average molecular weight is 354 g/mol. The van der Waals surface area contributed by atoms with Gasteiger partial charge >= 0.3 is 11.8 Å². The second-order valence-electron chi connectivity index (χ2n) is 6.31. The van der Waals surface area contributed by atoms with Gasteiger partial charge in [0.05, 0.1) is 12.3 Å². The lowest BCUT2D eigenvalue weighted by molar-refractivity contribution is -0.186. The first-order chi connectivity index (χ1) is 12.0. The minimum atomic E-state index is -1.07. The summed E-state index contributed by atoms with van der Waals surface area (Å²) in [4.78, 5) is 23.6. The highest BCUT2D eigenvalue weighted by molar-refractivity contribution is 6.39. The number of halogens is 2. The summed E-state index contributed by atoms with van der Waals surface area (Å²) in [6.45, 7) is 0.458. The smallest absolute Gasteiger partial charge is 0.313 e. The number of ether oxygens (including phenoxy) is 2. The minimum Gasteiger partial charge on any atom is -0.347 e. The molecular weight excluding hydrogens is 334 g/mol. The van der Waals surface area contributed by atoms with Gasteiger partial charge in [0.25, 0.3) is 0 Å². The molecule has 1 aliphatic heterocycles. The van der Waals surface area contributed by atoms with Gasteiger partial charge in [-0.05, 0) is 25.0 Å². The normalized spacial score (nSPS) is 21.9. The van der Waals surface area contributed by atoms with E-state index in [0.717, 1.165) is 50.3 Å². The van der Waals surface area contributed by atoms with E-state index in [9.17, 15) is 18.4 Å². The molecule has 6 nitrogen and oxygen atoms in total. The molecule has 1 aromatic rings. The van der Waals surface area contributed by atoms with Crippen LogP contribution in [0, 0.1) is 11.6 Å². The predicted octanol–water partition coefficient (Wildman–Crippen LogP) is 2.10. The largest absolute Gasteiger partial charge is 0.347 e. The molecule has 1 spiro atoms. The molecule has 2 fully saturated rings. The Balaban J connectivity index is 1.47. The lowest BCUT2D eigenvalue weighted by Gasteiger charge is -2.31. The third-order valence-electron chi connectivity index (χ3n) is 4.40. The van der Waals surface area contributed by atoms with Crippen molar-refractivity contribution in [2.24, 2.45) is 0 Å². The lowest BCUT2D eigenvalue weighted by Crippen LogP contribution is -2.41. The van der Waals surface area contributed by atoms with Crippen LogP contribution in [0.5, 0.6) is 0 Å². The van der Waals surface area contributed by atoms with Crippen molar-refractivity contribution in [2.45, 2.75) is 44.0 Å². The van der Waals surface area contributed by atoms with Crippen LogP contribution >= 0.6 is 0 Å². The molecule has 2 aliphatic rings. The highest BCUT2D eigenvalue weighted by Gasteiger charge is 2.42. The summed E-state index contributed by atoms with van der Waals surface area (Å²) in [5, 5.41) is 4.47. The van der Waals surface area contributed by atoms with E-state index in [1.54, 1.807) is 0 Å². The topological polar surface area (TPSA) is 76.7 Å². The quantitative estimate of drug-likeness (QED) is 0.815. The Morgan fingerprint density at radius 2 is 1.92 bits per heavy atom. The van der Waals surface area contributed by atoms with Crippen LogP contribution in [0.1, 0.15) is 32.1 Å². The maximum absolute atomic E-state index is 13.5. The first kappa shape index (κ1) is 17.8. The fourth-order valence-electron chi connectivity index (χ4n) is 3.13. The molecule has 1 saturated carbocycles. The Kier molecular flexibility index (Phi) is 5.29. The number of carbonyl (C=O) groups is 2. The predicted molar refractivity (Wildman–Crippen MR) is 84.6 cm³/mol. The third kappa shape index (κ3) is 4.32. The van der Waals surface area contributed by atoms with Crippen LogP contribution in [0.3, 0.4) is 0 Å². The van der Waals surface area contributed by atoms with E-state index < -0.39 is 29.2 Å². The summed E-state index contributed by atoms with van der Waals surface area (Å²) in [6, 6.07) is 2.60. The Morgan fingerprint density at radius 3 is 2.68 bits per heavy atom. The lowest BCUT2D eigenvalue weighted by atomic mass is 9.94. The monoisotopic (exact) mass is 354 g/mol. The van der Waals surface area contributed by atoms with E-state index >= 15 is 0 Å². The number of rotatable bonds is 3. The van der Waals surface area contributed by atoms with Crippen LogP contribution in [0.4, 0.5) is 14.5 Å². The molecule has 1 atom stereocenters. The van der Waals surface area contributed by atoms with Gasteiger partial charge < -0.3 is 20.1 Å². The van der Waals surface area contributed by atoms with Gasteiger partial charge in [0.1, 0.15) is 17.7 Å². The van der Waals surface area contributed by atoms with Gasteiger partial charge in [0, 0.05) is 25.5 Å². The number of nitrogens with one attached hydrogen (secondary N) is 2. The van der Waals surface area contributed by atoms with Crippen LogP contribution in [-0.2, 0) is 19.1 Å². The van der Waals surface area contributed by atoms with Crippen molar-refractivity contribution in [3.63, 3.8) is 0 Å². The second kappa shape index (κ2) is 7.45. The molecule has 2 amide bonds. The molecule has 0 radical (unpaired) electrons. The first-order valence-corrected chi connectivity index (χ1v) is 8.33. The van der Waals surface area contributed by atoms with Gasteiger partial charge in [0.2, 0.25) is 0 Å². The first-order valence-electron chi connectivity index (χ1n) is 8.33. The number of carbonyl (C=O) groups excluding carboxylic acids is 2. The molecule has 1 unspecified atom stereocenters. The van der Waals surface area contributed by atoms with Gasteiger partial charge in [0.15, 0.2) is 5.79 Å². The maximum Gasteiger partial charge on any atom is 0.313 e. The number of hydrogen-bond acceptors (Lipinski definition) is 4. The molecule has 1 aromatic carbocycles. The molecule has 1 saturated heterocycles. The van der Waals surface area contributed by atoms with E-state index in [4.69, 9.17) is 9.47 Å². The number of amides is 2. The molecule has 1 aliphatic carbocycles. The highest BCUT2D eigenvalue weighted by atomic mass is 19.1. The number of benzene rings is 1. The Hall–Kier alpha value is -2.06.